The van der Waals surface area contributed by atoms with Gasteiger partial charge >= 0.3 is 0 Å². The number of aromatic nitrogens is 1. The quantitative estimate of drug-likeness (QED) is 0.374. The fourth-order valence-corrected chi connectivity index (χ4v) is 4.00. The molecule has 0 saturated carbocycles. The maximum atomic E-state index is 13.7. The van der Waals surface area contributed by atoms with E-state index in [1.54, 1.807) is 11.1 Å². The first kappa shape index (κ1) is 23.9. The van der Waals surface area contributed by atoms with Crippen LogP contribution in [0.1, 0.15) is 22.4 Å². The summed E-state index contributed by atoms with van der Waals surface area (Å²) in [5.41, 5.74) is 3.66. The van der Waals surface area contributed by atoms with E-state index in [1.807, 2.05) is 109 Å². The Labute approximate surface area is 206 Å². The van der Waals surface area contributed by atoms with E-state index in [0.29, 0.717) is 19.5 Å². The molecule has 0 spiro atoms. The molecule has 0 saturated heterocycles. The number of pyridine rings is 1. The Morgan fingerprint density at radius 2 is 1.29 bits per heavy atom. The van der Waals surface area contributed by atoms with Crippen LogP contribution < -0.4 is 5.32 Å². The molecule has 0 aliphatic rings. The van der Waals surface area contributed by atoms with Crippen molar-refractivity contribution in [3.05, 3.63) is 138 Å². The number of amides is 2. The van der Waals surface area contributed by atoms with Crippen LogP contribution in [0.15, 0.2) is 115 Å². The molecule has 4 rings (SSSR count). The van der Waals surface area contributed by atoms with Crippen molar-refractivity contribution in [1.82, 2.24) is 15.2 Å². The normalized spacial score (nSPS) is 11.4. The van der Waals surface area contributed by atoms with Crippen LogP contribution in [-0.4, -0.2) is 27.7 Å². The van der Waals surface area contributed by atoms with E-state index in [-0.39, 0.29) is 18.2 Å². The van der Waals surface area contributed by atoms with Crippen LogP contribution in [0.25, 0.3) is 0 Å². The summed E-state index contributed by atoms with van der Waals surface area (Å²) in [5, 5.41) is 3.01. The lowest BCUT2D eigenvalue weighted by Crippen LogP contribution is -2.50. The van der Waals surface area contributed by atoms with Gasteiger partial charge in [-0.3, -0.25) is 14.6 Å². The largest absolute Gasteiger partial charge is 0.349 e. The Morgan fingerprint density at radius 1 is 0.714 bits per heavy atom. The number of carbonyl (C=O) groups is 2. The summed E-state index contributed by atoms with van der Waals surface area (Å²) in [7, 11) is 0. The summed E-state index contributed by atoms with van der Waals surface area (Å²) < 4.78 is 0. The number of nitrogens with one attached hydrogen (secondary N) is 1. The van der Waals surface area contributed by atoms with Crippen LogP contribution in [0, 0.1) is 0 Å². The van der Waals surface area contributed by atoms with E-state index in [0.717, 1.165) is 22.4 Å². The number of hydrogen-bond acceptors (Lipinski definition) is 3. The molecule has 0 radical (unpaired) electrons. The van der Waals surface area contributed by atoms with Gasteiger partial charge < -0.3 is 10.2 Å². The highest BCUT2D eigenvalue weighted by molar-refractivity contribution is 5.88. The molecule has 5 nitrogen and oxygen atoms in total. The summed E-state index contributed by atoms with van der Waals surface area (Å²) in [4.78, 5) is 33.3. The highest BCUT2D eigenvalue weighted by Crippen LogP contribution is 2.17. The zero-order chi connectivity index (χ0) is 24.3. The molecule has 0 unspecified atom stereocenters. The van der Waals surface area contributed by atoms with Crippen molar-refractivity contribution >= 4 is 11.8 Å². The molecule has 3 aromatic carbocycles. The molecule has 1 aromatic heterocycles. The predicted molar refractivity (Wildman–Crippen MR) is 137 cm³/mol. The molecule has 0 bridgehead atoms. The van der Waals surface area contributed by atoms with Gasteiger partial charge in [0.15, 0.2) is 0 Å². The molecule has 35 heavy (non-hydrogen) atoms. The van der Waals surface area contributed by atoms with E-state index in [2.05, 4.69) is 10.3 Å². The van der Waals surface area contributed by atoms with Crippen molar-refractivity contribution < 1.29 is 9.59 Å². The molecular formula is C30H29N3O2. The molecule has 176 valence electrons. The van der Waals surface area contributed by atoms with Gasteiger partial charge in [0.2, 0.25) is 11.8 Å². The van der Waals surface area contributed by atoms with Gasteiger partial charge in [-0.15, -0.1) is 0 Å². The van der Waals surface area contributed by atoms with Gasteiger partial charge in [-0.05, 0) is 28.8 Å². The number of carbonyl (C=O) groups excluding carboxylic acids is 2. The standard InChI is InChI=1S/C30H29N3O2/c34-29(21-25-14-6-2-7-15-25)33(23-26-16-8-3-9-17-26)28(20-24-12-4-1-5-13-24)30(35)32-22-27-18-10-11-19-31-27/h1-19,28H,20-23H2,(H,32,35)/t28-/m0/s1. The van der Waals surface area contributed by atoms with Crippen LogP contribution in [0.2, 0.25) is 0 Å². The van der Waals surface area contributed by atoms with E-state index < -0.39 is 6.04 Å². The van der Waals surface area contributed by atoms with E-state index in [1.165, 1.54) is 0 Å². The van der Waals surface area contributed by atoms with Crippen molar-refractivity contribution in [2.24, 2.45) is 0 Å². The highest BCUT2D eigenvalue weighted by atomic mass is 16.2. The molecule has 5 heteroatoms. The molecule has 0 fully saturated rings. The second-order valence-corrected chi connectivity index (χ2v) is 8.41. The number of benzene rings is 3. The lowest BCUT2D eigenvalue weighted by molar-refractivity contribution is -0.140. The minimum Gasteiger partial charge on any atom is -0.349 e. The predicted octanol–water partition coefficient (Wildman–Crippen LogP) is 4.58. The van der Waals surface area contributed by atoms with Crippen LogP contribution >= 0.6 is 0 Å². The first-order valence-electron chi connectivity index (χ1n) is 11.8. The van der Waals surface area contributed by atoms with Gasteiger partial charge in [0, 0.05) is 19.2 Å². The smallest absolute Gasteiger partial charge is 0.243 e. The molecule has 0 aliphatic heterocycles. The maximum absolute atomic E-state index is 13.7. The molecule has 1 heterocycles. The lowest BCUT2D eigenvalue weighted by Gasteiger charge is -2.31. The van der Waals surface area contributed by atoms with Crippen molar-refractivity contribution in [3.63, 3.8) is 0 Å². The van der Waals surface area contributed by atoms with E-state index in [9.17, 15) is 9.59 Å². The summed E-state index contributed by atoms with van der Waals surface area (Å²) in [5.74, 6) is -0.286. The fourth-order valence-electron chi connectivity index (χ4n) is 4.00. The first-order chi connectivity index (χ1) is 17.2. The molecule has 2 amide bonds. The van der Waals surface area contributed by atoms with Crippen LogP contribution in [0.5, 0.6) is 0 Å². The fraction of sp³-hybridized carbons (Fsp3) is 0.167. The lowest BCUT2D eigenvalue weighted by atomic mass is 10.0. The summed E-state index contributed by atoms with van der Waals surface area (Å²) in [6.45, 7) is 0.651. The molecule has 4 aromatic rings. The summed E-state index contributed by atoms with van der Waals surface area (Å²) >= 11 is 0. The third-order valence-corrected chi connectivity index (χ3v) is 5.83. The number of hydrogen-bond donors (Lipinski definition) is 1. The van der Waals surface area contributed by atoms with Crippen LogP contribution in [-0.2, 0) is 35.5 Å². The number of nitrogens with zero attached hydrogens (tertiary/aromatic N) is 2. The SMILES string of the molecule is O=C(NCc1ccccn1)[C@H](Cc1ccccc1)N(Cc1ccccc1)C(=O)Cc1ccccc1. The average molecular weight is 464 g/mol. The van der Waals surface area contributed by atoms with Gasteiger partial charge in [0.1, 0.15) is 6.04 Å². The Kier molecular flexibility index (Phi) is 8.38. The molecule has 1 N–H and O–H groups in total. The minimum absolute atomic E-state index is 0.0889. The van der Waals surface area contributed by atoms with Gasteiger partial charge in [-0.2, -0.15) is 0 Å². The third kappa shape index (κ3) is 7.11. The monoisotopic (exact) mass is 463 g/mol. The molecular weight excluding hydrogens is 434 g/mol. The zero-order valence-electron chi connectivity index (χ0n) is 19.6. The Bertz CT molecular complexity index is 1200. The van der Waals surface area contributed by atoms with Crippen molar-refractivity contribution in [3.8, 4) is 0 Å². The van der Waals surface area contributed by atoms with Gasteiger partial charge in [-0.1, -0.05) is 97.1 Å². The molecule has 1 atom stereocenters. The second kappa shape index (κ2) is 12.3. The minimum atomic E-state index is -0.669. The average Bonchev–Trinajstić information content (AvgIpc) is 2.91. The van der Waals surface area contributed by atoms with Gasteiger partial charge in [-0.25, -0.2) is 0 Å². The van der Waals surface area contributed by atoms with Crippen molar-refractivity contribution in [1.29, 1.82) is 0 Å². The van der Waals surface area contributed by atoms with Crippen molar-refractivity contribution in [2.75, 3.05) is 0 Å². The van der Waals surface area contributed by atoms with Crippen molar-refractivity contribution in [2.45, 2.75) is 32.0 Å². The summed E-state index contributed by atoms with van der Waals surface area (Å²) in [6.07, 6.45) is 2.35. The Morgan fingerprint density at radius 3 is 1.89 bits per heavy atom. The van der Waals surface area contributed by atoms with E-state index >= 15 is 0 Å². The highest BCUT2D eigenvalue weighted by Gasteiger charge is 2.30. The Balaban J connectivity index is 1.62. The van der Waals surface area contributed by atoms with Gasteiger partial charge in [0.25, 0.3) is 0 Å². The molecule has 0 aliphatic carbocycles. The second-order valence-electron chi connectivity index (χ2n) is 8.41. The topological polar surface area (TPSA) is 62.3 Å². The third-order valence-electron chi connectivity index (χ3n) is 5.83. The Hall–Kier alpha value is -4.25. The maximum Gasteiger partial charge on any atom is 0.243 e. The van der Waals surface area contributed by atoms with Gasteiger partial charge in [0.05, 0.1) is 18.7 Å². The first-order valence-corrected chi connectivity index (χ1v) is 11.8. The van der Waals surface area contributed by atoms with Crippen LogP contribution in [0.3, 0.4) is 0 Å². The van der Waals surface area contributed by atoms with Crippen LogP contribution in [0.4, 0.5) is 0 Å². The summed E-state index contributed by atoms with van der Waals surface area (Å²) in [6, 6.07) is 34.2. The van der Waals surface area contributed by atoms with E-state index in [4.69, 9.17) is 0 Å². The zero-order valence-corrected chi connectivity index (χ0v) is 19.6. The number of rotatable bonds is 10.